The van der Waals surface area contributed by atoms with Crippen LogP contribution in [0.25, 0.3) is 11.3 Å². The smallest absolute Gasteiger partial charge is 0.295 e. The summed E-state index contributed by atoms with van der Waals surface area (Å²) in [6, 6.07) is 16.0. The zero-order valence-electron chi connectivity index (χ0n) is 12.8. The number of aromatic nitrogens is 2. The number of carbonyl (C=O) groups excluding carboxylic acids is 1. The number of hydrogen-bond acceptors (Lipinski definition) is 3. The number of amides is 1. The molecule has 0 fully saturated rings. The highest BCUT2D eigenvalue weighted by Gasteiger charge is 2.17. The first-order chi connectivity index (χ1) is 11.5. The Morgan fingerprint density at radius 2 is 1.50 bits per heavy atom. The van der Waals surface area contributed by atoms with E-state index in [-0.39, 0.29) is 11.7 Å². The third-order valence-corrected chi connectivity index (χ3v) is 4.01. The molecule has 3 rings (SSSR count). The maximum Gasteiger partial charge on any atom is 0.295 e. The van der Waals surface area contributed by atoms with Gasteiger partial charge in [0.2, 0.25) is 5.82 Å². The minimum atomic E-state index is -0.298. The molecule has 1 heterocycles. The first-order valence-corrected chi connectivity index (χ1v) is 7.93. The van der Waals surface area contributed by atoms with E-state index in [0.29, 0.717) is 21.4 Å². The maximum atomic E-state index is 12.6. The number of hydrogen-bond donors (Lipinski definition) is 0. The predicted molar refractivity (Wildman–Crippen MR) is 96.7 cm³/mol. The largest absolute Gasteiger partial charge is 0.309 e. The normalized spacial score (nSPS) is 10.5. The van der Waals surface area contributed by atoms with E-state index in [1.165, 1.54) is 4.90 Å². The lowest BCUT2D eigenvalue weighted by Crippen LogP contribution is -2.28. The third-order valence-electron chi connectivity index (χ3n) is 3.51. The van der Waals surface area contributed by atoms with Crippen LogP contribution < -0.4 is 4.90 Å². The number of halogens is 2. The second-order valence-corrected chi connectivity index (χ2v) is 5.99. The van der Waals surface area contributed by atoms with E-state index in [1.54, 1.807) is 55.7 Å². The van der Waals surface area contributed by atoms with Crippen molar-refractivity contribution in [3.05, 3.63) is 76.7 Å². The molecule has 0 aliphatic carbocycles. The van der Waals surface area contributed by atoms with Crippen molar-refractivity contribution in [1.29, 1.82) is 0 Å². The molecule has 6 heteroatoms. The summed E-state index contributed by atoms with van der Waals surface area (Å²) in [6.07, 6.45) is 1.57. The molecule has 1 amide bonds. The van der Waals surface area contributed by atoms with Crippen LogP contribution in [0.15, 0.2) is 60.8 Å². The lowest BCUT2D eigenvalue weighted by Gasteiger charge is -2.16. The molecule has 3 aromatic rings. The Hall–Kier alpha value is -2.43. The molecule has 24 heavy (non-hydrogen) atoms. The van der Waals surface area contributed by atoms with E-state index in [0.717, 1.165) is 5.56 Å². The minimum Gasteiger partial charge on any atom is -0.309 e. The van der Waals surface area contributed by atoms with Gasteiger partial charge in [-0.1, -0.05) is 35.3 Å². The van der Waals surface area contributed by atoms with Gasteiger partial charge in [-0.25, -0.2) is 9.97 Å². The molecule has 0 saturated heterocycles. The molecular weight excluding hydrogens is 345 g/mol. The zero-order valence-corrected chi connectivity index (χ0v) is 14.3. The number of anilines is 1. The second kappa shape index (κ2) is 6.99. The fourth-order valence-electron chi connectivity index (χ4n) is 2.18. The zero-order chi connectivity index (χ0) is 17.1. The van der Waals surface area contributed by atoms with Crippen LogP contribution in [0, 0.1) is 0 Å². The second-order valence-electron chi connectivity index (χ2n) is 5.11. The van der Waals surface area contributed by atoms with Gasteiger partial charge in [-0.3, -0.25) is 4.79 Å². The van der Waals surface area contributed by atoms with Crippen molar-refractivity contribution in [2.24, 2.45) is 0 Å². The molecule has 1 aromatic heterocycles. The van der Waals surface area contributed by atoms with Crippen LogP contribution >= 0.6 is 23.2 Å². The monoisotopic (exact) mass is 357 g/mol. The Bertz CT molecular complexity index is 864. The molecule has 0 aliphatic rings. The highest BCUT2D eigenvalue weighted by atomic mass is 35.5. The van der Waals surface area contributed by atoms with Crippen molar-refractivity contribution in [3.8, 4) is 11.3 Å². The van der Waals surface area contributed by atoms with E-state index in [4.69, 9.17) is 23.2 Å². The Morgan fingerprint density at radius 3 is 2.12 bits per heavy atom. The highest BCUT2D eigenvalue weighted by molar-refractivity contribution is 6.31. The van der Waals surface area contributed by atoms with E-state index < -0.39 is 0 Å². The molecular formula is C18H13Cl2N3O. The fourth-order valence-corrected chi connectivity index (χ4v) is 2.43. The van der Waals surface area contributed by atoms with E-state index >= 15 is 0 Å². The molecule has 0 saturated carbocycles. The average Bonchev–Trinajstić information content (AvgIpc) is 2.62. The summed E-state index contributed by atoms with van der Waals surface area (Å²) in [5.74, 6) is -0.173. The van der Waals surface area contributed by atoms with Crippen molar-refractivity contribution >= 4 is 34.8 Å². The first-order valence-electron chi connectivity index (χ1n) is 7.17. The summed E-state index contributed by atoms with van der Waals surface area (Å²) in [6.45, 7) is 0. The van der Waals surface area contributed by atoms with Crippen LogP contribution in [-0.2, 0) is 0 Å². The molecule has 120 valence electrons. The van der Waals surface area contributed by atoms with Gasteiger partial charge in [-0.2, -0.15) is 0 Å². The van der Waals surface area contributed by atoms with Gasteiger partial charge >= 0.3 is 0 Å². The summed E-state index contributed by atoms with van der Waals surface area (Å²) >= 11 is 11.8. The van der Waals surface area contributed by atoms with Gasteiger partial charge in [0, 0.05) is 34.5 Å². The summed E-state index contributed by atoms with van der Waals surface area (Å²) in [4.78, 5) is 22.6. The summed E-state index contributed by atoms with van der Waals surface area (Å²) in [5, 5.41) is 1.26. The van der Waals surface area contributed by atoms with Gasteiger partial charge in [-0.05, 0) is 42.5 Å². The molecule has 0 bridgehead atoms. The molecule has 4 nitrogen and oxygen atoms in total. The lowest BCUT2D eigenvalue weighted by molar-refractivity contribution is 0.0983. The Labute approximate surface area is 149 Å². The molecule has 0 spiro atoms. The van der Waals surface area contributed by atoms with E-state index in [9.17, 15) is 4.79 Å². The predicted octanol–water partition coefficient (Wildman–Crippen LogP) is 4.73. The van der Waals surface area contributed by atoms with Crippen molar-refractivity contribution in [1.82, 2.24) is 9.97 Å². The number of carbonyl (C=O) groups is 1. The SMILES string of the molecule is CN(C(=O)c1nccc(-c2ccc(Cl)cc2)n1)c1ccc(Cl)cc1. The molecule has 0 atom stereocenters. The number of rotatable bonds is 3. The van der Waals surface area contributed by atoms with E-state index in [2.05, 4.69) is 9.97 Å². The quantitative estimate of drug-likeness (QED) is 0.680. The topological polar surface area (TPSA) is 46.1 Å². The lowest BCUT2D eigenvalue weighted by atomic mass is 10.1. The summed E-state index contributed by atoms with van der Waals surface area (Å²) in [5.41, 5.74) is 2.24. The van der Waals surface area contributed by atoms with Gasteiger partial charge in [-0.15, -0.1) is 0 Å². The first kappa shape index (κ1) is 16.4. The van der Waals surface area contributed by atoms with Crippen LogP contribution in [0.3, 0.4) is 0 Å². The van der Waals surface area contributed by atoms with Gasteiger partial charge in [0.1, 0.15) is 0 Å². The number of benzene rings is 2. The van der Waals surface area contributed by atoms with Crippen molar-refractivity contribution in [2.75, 3.05) is 11.9 Å². The Balaban J connectivity index is 1.89. The maximum absolute atomic E-state index is 12.6. The average molecular weight is 358 g/mol. The molecule has 0 unspecified atom stereocenters. The summed E-state index contributed by atoms with van der Waals surface area (Å²) in [7, 11) is 1.67. The van der Waals surface area contributed by atoms with Gasteiger partial charge < -0.3 is 4.90 Å². The number of nitrogens with zero attached hydrogens (tertiary/aromatic N) is 3. The van der Waals surface area contributed by atoms with Gasteiger partial charge in [0.15, 0.2) is 0 Å². The van der Waals surface area contributed by atoms with Crippen LogP contribution in [0.1, 0.15) is 10.6 Å². The molecule has 0 radical (unpaired) electrons. The van der Waals surface area contributed by atoms with E-state index in [1.807, 2.05) is 12.1 Å². The van der Waals surface area contributed by atoms with Crippen LogP contribution in [0.2, 0.25) is 10.0 Å². The Kier molecular flexibility index (Phi) is 4.79. The van der Waals surface area contributed by atoms with Crippen LogP contribution in [0.5, 0.6) is 0 Å². The Morgan fingerprint density at radius 1 is 0.917 bits per heavy atom. The van der Waals surface area contributed by atoms with Crippen molar-refractivity contribution < 1.29 is 4.79 Å². The van der Waals surface area contributed by atoms with Crippen molar-refractivity contribution in [3.63, 3.8) is 0 Å². The molecule has 0 N–H and O–H groups in total. The molecule has 0 aliphatic heterocycles. The third kappa shape index (κ3) is 3.55. The highest BCUT2D eigenvalue weighted by Crippen LogP contribution is 2.21. The summed E-state index contributed by atoms with van der Waals surface area (Å²) < 4.78 is 0. The fraction of sp³-hybridized carbons (Fsp3) is 0.0556. The van der Waals surface area contributed by atoms with Gasteiger partial charge in [0.25, 0.3) is 5.91 Å². The van der Waals surface area contributed by atoms with Gasteiger partial charge in [0.05, 0.1) is 5.69 Å². The molecule has 2 aromatic carbocycles. The van der Waals surface area contributed by atoms with Crippen molar-refractivity contribution in [2.45, 2.75) is 0 Å². The minimum absolute atomic E-state index is 0.125. The van der Waals surface area contributed by atoms with Crippen LogP contribution in [-0.4, -0.2) is 22.9 Å². The van der Waals surface area contributed by atoms with Crippen LogP contribution in [0.4, 0.5) is 5.69 Å². The standard InChI is InChI=1S/C18H13Cl2N3O/c1-23(15-8-6-14(20)7-9-15)18(24)17-21-11-10-16(22-17)12-2-4-13(19)5-3-12/h2-11H,1H3.